The van der Waals surface area contributed by atoms with Gasteiger partial charge in [-0.1, -0.05) is 6.92 Å². The van der Waals surface area contributed by atoms with Crippen LogP contribution in [0.2, 0.25) is 0 Å². The molecule has 0 aliphatic heterocycles. The Hall–Kier alpha value is -1.10. The van der Waals surface area contributed by atoms with Crippen LogP contribution in [-0.4, -0.2) is 32.9 Å². The molecule has 0 aliphatic rings. The van der Waals surface area contributed by atoms with Crippen molar-refractivity contribution in [2.45, 2.75) is 25.9 Å². The van der Waals surface area contributed by atoms with Gasteiger partial charge in [0.25, 0.3) is 0 Å². The normalized spacial score (nSPS) is 17.9. The maximum atomic E-state index is 10.5. The molecule has 0 rings (SSSR count). The van der Waals surface area contributed by atoms with Gasteiger partial charge in [0.1, 0.15) is 0 Å². The Labute approximate surface area is 69.6 Å². The van der Waals surface area contributed by atoms with Gasteiger partial charge >= 0.3 is 11.9 Å². The number of carboxylic acids is 2. The molecule has 0 bridgehead atoms. The molecule has 5 heteroatoms. The second kappa shape index (κ2) is 3.53. The Morgan fingerprint density at radius 3 is 1.92 bits per heavy atom. The molecule has 3 N–H and O–H groups in total. The summed E-state index contributed by atoms with van der Waals surface area (Å²) in [7, 11) is 0. The molecule has 0 heterocycles. The minimum Gasteiger partial charge on any atom is -0.481 e. The van der Waals surface area contributed by atoms with Gasteiger partial charge in [-0.15, -0.1) is 0 Å². The van der Waals surface area contributed by atoms with Crippen molar-refractivity contribution in [3.05, 3.63) is 0 Å². The molecular weight excluding hydrogens is 164 g/mol. The van der Waals surface area contributed by atoms with Crippen LogP contribution >= 0.6 is 0 Å². The monoisotopic (exact) mass is 176 g/mol. The third kappa shape index (κ3) is 1.73. The molecule has 0 unspecified atom stereocenters. The zero-order valence-corrected chi connectivity index (χ0v) is 6.94. The van der Waals surface area contributed by atoms with Crippen LogP contribution in [0, 0.1) is 5.92 Å². The van der Waals surface area contributed by atoms with E-state index >= 15 is 0 Å². The highest BCUT2D eigenvalue weighted by atomic mass is 16.4. The fourth-order valence-electron chi connectivity index (χ4n) is 0.847. The lowest BCUT2D eigenvalue weighted by molar-refractivity contribution is -0.173. The van der Waals surface area contributed by atoms with E-state index < -0.39 is 23.5 Å². The van der Waals surface area contributed by atoms with E-state index in [1.807, 2.05) is 0 Å². The van der Waals surface area contributed by atoms with Crippen molar-refractivity contribution in [3.8, 4) is 0 Å². The first-order chi connectivity index (χ1) is 5.36. The molecule has 0 aromatic rings. The van der Waals surface area contributed by atoms with Crippen LogP contribution in [0.15, 0.2) is 0 Å². The SMILES string of the molecule is CC[C@](O)(C(=O)O)[C@H](C)C(=O)O. The predicted octanol–water partition coefficient (Wildman–Crippen LogP) is -0.0672. The van der Waals surface area contributed by atoms with Crippen LogP contribution in [0.3, 0.4) is 0 Å². The van der Waals surface area contributed by atoms with Gasteiger partial charge in [0.2, 0.25) is 0 Å². The average molecular weight is 176 g/mol. The summed E-state index contributed by atoms with van der Waals surface area (Å²) in [6.07, 6.45) is -0.129. The highest BCUT2D eigenvalue weighted by Gasteiger charge is 2.43. The molecule has 0 radical (unpaired) electrons. The Kier molecular flexibility index (Phi) is 3.21. The largest absolute Gasteiger partial charge is 0.481 e. The smallest absolute Gasteiger partial charge is 0.336 e. The first kappa shape index (κ1) is 10.9. The highest BCUT2D eigenvalue weighted by Crippen LogP contribution is 2.21. The second-order valence-electron chi connectivity index (χ2n) is 2.64. The molecule has 12 heavy (non-hydrogen) atoms. The summed E-state index contributed by atoms with van der Waals surface area (Å²) < 4.78 is 0. The lowest BCUT2D eigenvalue weighted by atomic mass is 9.86. The van der Waals surface area contributed by atoms with Crippen LogP contribution in [0.4, 0.5) is 0 Å². The summed E-state index contributed by atoms with van der Waals surface area (Å²) in [5.74, 6) is -4.12. The van der Waals surface area contributed by atoms with Crippen molar-refractivity contribution in [1.82, 2.24) is 0 Å². The minimum atomic E-state index is -2.16. The number of rotatable bonds is 4. The lowest BCUT2D eigenvalue weighted by Crippen LogP contribution is -2.47. The molecule has 0 aromatic carbocycles. The van der Waals surface area contributed by atoms with Crippen LogP contribution < -0.4 is 0 Å². The summed E-state index contributed by atoms with van der Waals surface area (Å²) in [6, 6.07) is 0. The lowest BCUT2D eigenvalue weighted by Gasteiger charge is -2.25. The Bertz CT molecular complexity index is 200. The first-order valence-corrected chi connectivity index (χ1v) is 3.54. The number of hydrogen-bond donors (Lipinski definition) is 3. The summed E-state index contributed by atoms with van der Waals surface area (Å²) in [6.45, 7) is 2.59. The predicted molar refractivity (Wildman–Crippen MR) is 39.7 cm³/mol. The van der Waals surface area contributed by atoms with Gasteiger partial charge in [-0.25, -0.2) is 4.79 Å². The van der Waals surface area contributed by atoms with Crippen molar-refractivity contribution in [2.24, 2.45) is 5.92 Å². The summed E-state index contributed by atoms with van der Waals surface area (Å²) >= 11 is 0. The summed E-state index contributed by atoms with van der Waals surface area (Å²) in [5, 5.41) is 26.4. The molecule has 0 saturated heterocycles. The molecule has 0 aromatic heterocycles. The molecule has 0 spiro atoms. The van der Waals surface area contributed by atoms with E-state index in [-0.39, 0.29) is 6.42 Å². The van der Waals surface area contributed by atoms with E-state index in [9.17, 15) is 14.7 Å². The quantitative estimate of drug-likeness (QED) is 0.557. The van der Waals surface area contributed by atoms with Gasteiger partial charge in [-0.05, 0) is 13.3 Å². The number of carboxylic acid groups (broad SMARTS) is 2. The van der Waals surface area contributed by atoms with Crippen LogP contribution in [0.1, 0.15) is 20.3 Å². The molecule has 0 fully saturated rings. The molecule has 0 aliphatic carbocycles. The van der Waals surface area contributed by atoms with Crippen molar-refractivity contribution >= 4 is 11.9 Å². The molecule has 70 valence electrons. The summed E-state index contributed by atoms with van der Waals surface area (Å²) in [4.78, 5) is 20.9. The number of aliphatic carboxylic acids is 2. The maximum absolute atomic E-state index is 10.5. The number of hydrogen-bond acceptors (Lipinski definition) is 3. The van der Waals surface area contributed by atoms with Gasteiger partial charge in [0.05, 0.1) is 5.92 Å². The third-order valence-corrected chi connectivity index (χ3v) is 2.00. The van der Waals surface area contributed by atoms with Gasteiger partial charge in [-0.2, -0.15) is 0 Å². The molecule has 0 amide bonds. The van der Waals surface area contributed by atoms with E-state index in [1.165, 1.54) is 13.8 Å². The fourth-order valence-corrected chi connectivity index (χ4v) is 0.847. The van der Waals surface area contributed by atoms with Gasteiger partial charge in [0.15, 0.2) is 5.60 Å². The van der Waals surface area contributed by atoms with E-state index in [4.69, 9.17) is 10.2 Å². The van der Waals surface area contributed by atoms with Crippen LogP contribution in [0.25, 0.3) is 0 Å². The molecular formula is C7H12O5. The van der Waals surface area contributed by atoms with Gasteiger partial charge in [0, 0.05) is 0 Å². The highest BCUT2D eigenvalue weighted by molar-refractivity contribution is 5.85. The van der Waals surface area contributed by atoms with E-state index in [0.29, 0.717) is 0 Å². The Balaban J connectivity index is 4.75. The van der Waals surface area contributed by atoms with Crippen molar-refractivity contribution < 1.29 is 24.9 Å². The van der Waals surface area contributed by atoms with Crippen LogP contribution in [-0.2, 0) is 9.59 Å². The zero-order chi connectivity index (χ0) is 9.94. The fraction of sp³-hybridized carbons (Fsp3) is 0.714. The Morgan fingerprint density at radius 2 is 1.83 bits per heavy atom. The second-order valence-corrected chi connectivity index (χ2v) is 2.64. The van der Waals surface area contributed by atoms with Crippen molar-refractivity contribution in [2.75, 3.05) is 0 Å². The van der Waals surface area contributed by atoms with Crippen LogP contribution in [0.5, 0.6) is 0 Å². The molecule has 2 atom stereocenters. The van der Waals surface area contributed by atoms with E-state index in [1.54, 1.807) is 0 Å². The molecule has 5 nitrogen and oxygen atoms in total. The Morgan fingerprint density at radius 1 is 1.42 bits per heavy atom. The zero-order valence-electron chi connectivity index (χ0n) is 6.94. The summed E-state index contributed by atoms with van der Waals surface area (Å²) in [5.41, 5.74) is -2.16. The number of aliphatic hydroxyl groups is 1. The molecule has 0 saturated carbocycles. The standard InChI is InChI=1S/C7H12O5/c1-3-7(12,6(10)11)4(2)5(8)9/h4,12H,3H2,1-2H3,(H,8,9)(H,10,11)/t4-,7-/m1/s1. The average Bonchev–Trinajstić information content (AvgIpc) is 2.01. The van der Waals surface area contributed by atoms with Crippen molar-refractivity contribution in [3.63, 3.8) is 0 Å². The maximum Gasteiger partial charge on any atom is 0.336 e. The van der Waals surface area contributed by atoms with E-state index in [2.05, 4.69) is 0 Å². The first-order valence-electron chi connectivity index (χ1n) is 3.54. The van der Waals surface area contributed by atoms with Gasteiger partial charge in [-0.3, -0.25) is 4.79 Å². The van der Waals surface area contributed by atoms with Gasteiger partial charge < -0.3 is 15.3 Å². The third-order valence-electron chi connectivity index (χ3n) is 2.00. The topological polar surface area (TPSA) is 94.8 Å². The number of carbonyl (C=O) groups is 2. The van der Waals surface area contributed by atoms with E-state index in [0.717, 1.165) is 0 Å². The minimum absolute atomic E-state index is 0.129. The van der Waals surface area contributed by atoms with Crippen molar-refractivity contribution in [1.29, 1.82) is 0 Å².